The molecule has 0 heterocycles. The summed E-state index contributed by atoms with van der Waals surface area (Å²) in [5.41, 5.74) is 0.245. The summed E-state index contributed by atoms with van der Waals surface area (Å²) in [6, 6.07) is 7.89. The summed E-state index contributed by atoms with van der Waals surface area (Å²) in [6.07, 6.45) is 0. The first-order chi connectivity index (χ1) is 6.99. The molecule has 0 amide bonds. The van der Waals surface area contributed by atoms with E-state index in [1.54, 1.807) is 18.2 Å². The van der Waals surface area contributed by atoms with Gasteiger partial charge in [-0.1, -0.05) is 46.9 Å². The van der Waals surface area contributed by atoms with Crippen LogP contribution in [-0.4, -0.2) is 15.4 Å². The second-order valence-electron chi connectivity index (χ2n) is 2.21. The van der Waals surface area contributed by atoms with E-state index in [-0.39, 0.29) is 11.1 Å². The van der Waals surface area contributed by atoms with E-state index in [0.29, 0.717) is 0 Å². The summed E-state index contributed by atoms with van der Waals surface area (Å²) >= 11 is 14.4. The lowest BCUT2D eigenvalue weighted by molar-refractivity contribution is 0.0696. The van der Waals surface area contributed by atoms with Crippen LogP contribution in [0.2, 0.25) is 0 Å². The van der Waals surface area contributed by atoms with Gasteiger partial charge in [-0.05, 0) is 12.1 Å². The van der Waals surface area contributed by atoms with Gasteiger partial charge in [0.05, 0.1) is 11.1 Å². The van der Waals surface area contributed by atoms with E-state index < -0.39 is 10.3 Å². The number of carbonyl (C=O) groups is 1. The summed E-state index contributed by atoms with van der Waals surface area (Å²) in [4.78, 5) is 10.4. The monoisotopic (exact) mass is 265 g/mol. The van der Waals surface area contributed by atoms with E-state index in [4.69, 9.17) is 45.2 Å². The number of carboxylic acid groups (broad SMARTS) is 1. The second kappa shape index (κ2) is 7.36. The molecular weight excluding hydrogens is 260 g/mol. The Hall–Kier alpha value is -0.950. The minimum absolute atomic E-state index is 0.0509. The van der Waals surface area contributed by atoms with E-state index >= 15 is 0 Å². The summed E-state index contributed by atoms with van der Waals surface area (Å²) in [7, 11) is 0. The van der Waals surface area contributed by atoms with Crippen molar-refractivity contribution in [2.45, 2.75) is 4.30 Å². The molecule has 3 nitrogen and oxygen atoms in total. The zero-order valence-electron chi connectivity index (χ0n) is 7.32. The topological polar surface area (TPSA) is 61.1 Å². The third-order valence-corrected chi connectivity index (χ3v) is 1.28. The molecule has 0 atom stereocenters. The molecule has 0 bridgehead atoms. The largest absolute Gasteiger partial charge is 0.478 e. The molecule has 0 spiro atoms. The number of aromatic carboxylic acids is 1. The van der Waals surface area contributed by atoms with Crippen LogP contribution in [0.3, 0.4) is 0 Å². The van der Waals surface area contributed by atoms with Crippen molar-refractivity contribution in [1.82, 2.24) is 0 Å². The molecule has 80 valence electrons. The Bertz CT molecular complexity index is 371. The lowest BCUT2D eigenvalue weighted by Gasteiger charge is -1.94. The maximum Gasteiger partial charge on any atom is 0.337 e. The Morgan fingerprint density at radius 1 is 1.33 bits per heavy atom. The number of hydrogen-bond donors (Lipinski definition) is 1. The summed E-state index contributed by atoms with van der Waals surface area (Å²) in [5.74, 6) is -1.07. The molecule has 0 saturated carbocycles. The first kappa shape index (κ1) is 14.1. The summed E-state index contributed by atoms with van der Waals surface area (Å²) in [6.45, 7) is 0. The Kier molecular flexibility index (Phi) is 6.89. The predicted molar refractivity (Wildman–Crippen MR) is 59.5 cm³/mol. The number of nitrogens with zero attached hydrogens (tertiary/aromatic N) is 1. The zero-order valence-corrected chi connectivity index (χ0v) is 9.59. The van der Waals surface area contributed by atoms with Gasteiger partial charge in [0, 0.05) is 0 Å². The van der Waals surface area contributed by atoms with Crippen LogP contribution in [-0.2, 0) is 0 Å². The first-order valence-electron chi connectivity index (χ1n) is 3.63. The Morgan fingerprint density at radius 3 is 2.13 bits per heavy atom. The van der Waals surface area contributed by atoms with Crippen LogP contribution < -0.4 is 0 Å². The number of benzene rings is 1. The Morgan fingerprint density at radius 2 is 1.80 bits per heavy atom. The van der Waals surface area contributed by atoms with Crippen LogP contribution in [0.4, 0.5) is 0 Å². The van der Waals surface area contributed by atoms with Gasteiger partial charge in [0.25, 0.3) is 0 Å². The number of rotatable bonds is 1. The van der Waals surface area contributed by atoms with Gasteiger partial charge in [-0.25, -0.2) is 4.79 Å². The van der Waals surface area contributed by atoms with Gasteiger partial charge < -0.3 is 5.11 Å². The number of carboxylic acids is 1. The average Bonchev–Trinajstić information content (AvgIpc) is 2.16. The molecule has 1 rings (SSSR count). The van der Waals surface area contributed by atoms with Gasteiger partial charge in [0.15, 0.2) is 4.30 Å². The Balaban J connectivity index is 0.000000423. The van der Waals surface area contributed by atoms with E-state index in [1.807, 2.05) is 0 Å². The maximum absolute atomic E-state index is 10.4. The predicted octanol–water partition coefficient (Wildman–Crippen LogP) is 3.24. The van der Waals surface area contributed by atoms with Crippen LogP contribution in [0.1, 0.15) is 15.9 Å². The molecule has 0 aliphatic rings. The minimum Gasteiger partial charge on any atom is -0.478 e. The van der Waals surface area contributed by atoms with Crippen molar-refractivity contribution in [3.05, 3.63) is 35.4 Å². The van der Waals surface area contributed by atoms with Crippen LogP contribution in [0, 0.1) is 11.3 Å². The fraction of sp³-hybridized carbons (Fsp3) is 0.111. The molecule has 1 N–H and O–H groups in total. The number of halogens is 3. The van der Waals surface area contributed by atoms with Crippen LogP contribution in [0.15, 0.2) is 24.3 Å². The normalized spacial score (nSPS) is 8.73. The smallest absolute Gasteiger partial charge is 0.337 e. The molecule has 0 aliphatic carbocycles. The average molecular weight is 267 g/mol. The maximum atomic E-state index is 10.4. The SMILES string of the molecule is ClC(Cl)Cl.N#Cc1ccccc1C(=O)O. The van der Waals surface area contributed by atoms with Gasteiger partial charge in [0.1, 0.15) is 6.07 Å². The molecule has 0 radical (unpaired) electrons. The summed E-state index contributed by atoms with van der Waals surface area (Å²) < 4.78 is -0.750. The van der Waals surface area contributed by atoms with Gasteiger partial charge in [0.2, 0.25) is 0 Å². The lowest BCUT2D eigenvalue weighted by Crippen LogP contribution is -1.98. The van der Waals surface area contributed by atoms with Crippen molar-refractivity contribution < 1.29 is 9.90 Å². The third kappa shape index (κ3) is 6.19. The second-order valence-corrected chi connectivity index (χ2v) is 4.19. The minimum atomic E-state index is -1.07. The lowest BCUT2D eigenvalue weighted by atomic mass is 10.1. The molecule has 0 unspecified atom stereocenters. The molecule has 6 heteroatoms. The van der Waals surface area contributed by atoms with E-state index in [0.717, 1.165) is 0 Å². The van der Waals surface area contributed by atoms with Gasteiger partial charge in [-0.3, -0.25) is 0 Å². The van der Waals surface area contributed by atoms with Crippen molar-refractivity contribution in [3.8, 4) is 6.07 Å². The zero-order chi connectivity index (χ0) is 11.8. The van der Waals surface area contributed by atoms with Gasteiger partial charge >= 0.3 is 5.97 Å². The van der Waals surface area contributed by atoms with Crippen molar-refractivity contribution >= 4 is 40.8 Å². The molecule has 0 saturated heterocycles. The van der Waals surface area contributed by atoms with E-state index in [1.165, 1.54) is 12.1 Å². The molecule has 1 aromatic rings. The highest BCUT2D eigenvalue weighted by Gasteiger charge is 2.06. The number of nitriles is 1. The first-order valence-corrected chi connectivity index (χ1v) is 4.94. The highest BCUT2D eigenvalue weighted by Crippen LogP contribution is 2.06. The molecule has 0 aliphatic heterocycles. The van der Waals surface area contributed by atoms with Crippen molar-refractivity contribution in [3.63, 3.8) is 0 Å². The van der Waals surface area contributed by atoms with Crippen molar-refractivity contribution in [1.29, 1.82) is 5.26 Å². The molecular formula is C9H6Cl3NO2. The molecule has 0 aromatic heterocycles. The van der Waals surface area contributed by atoms with Crippen molar-refractivity contribution in [2.75, 3.05) is 0 Å². The fourth-order valence-corrected chi connectivity index (χ4v) is 0.767. The standard InChI is InChI=1S/C8H5NO2.CHCl3/c9-5-6-3-1-2-4-7(6)8(10)11;2-1(3)4/h1-4H,(H,10,11);1H. The summed E-state index contributed by atoms with van der Waals surface area (Å²) in [5, 5.41) is 17.0. The van der Waals surface area contributed by atoms with Gasteiger partial charge in [-0.2, -0.15) is 5.26 Å². The third-order valence-electron chi connectivity index (χ3n) is 1.28. The number of alkyl halides is 3. The fourth-order valence-electron chi connectivity index (χ4n) is 0.767. The number of hydrogen-bond acceptors (Lipinski definition) is 2. The quantitative estimate of drug-likeness (QED) is 0.794. The molecule has 1 aromatic carbocycles. The molecule has 0 fully saturated rings. The Labute approximate surface area is 102 Å². The van der Waals surface area contributed by atoms with Crippen LogP contribution >= 0.6 is 34.8 Å². The molecule has 15 heavy (non-hydrogen) atoms. The highest BCUT2D eigenvalue weighted by molar-refractivity contribution is 6.63. The van der Waals surface area contributed by atoms with Crippen LogP contribution in [0.5, 0.6) is 0 Å². The van der Waals surface area contributed by atoms with Crippen molar-refractivity contribution in [2.24, 2.45) is 0 Å². The van der Waals surface area contributed by atoms with Gasteiger partial charge in [-0.15, -0.1) is 0 Å². The highest BCUT2D eigenvalue weighted by atomic mass is 35.6. The van der Waals surface area contributed by atoms with E-state index in [9.17, 15) is 4.79 Å². The van der Waals surface area contributed by atoms with E-state index in [2.05, 4.69) is 0 Å². The van der Waals surface area contributed by atoms with Crippen LogP contribution in [0.25, 0.3) is 0 Å².